The average molecular weight is 338 g/mol. The Bertz CT molecular complexity index is 802. The van der Waals surface area contributed by atoms with Crippen LogP contribution < -0.4 is 10.2 Å². The Labute approximate surface area is 147 Å². The zero-order chi connectivity index (χ0) is 18.0. The van der Waals surface area contributed by atoms with Crippen LogP contribution >= 0.6 is 0 Å². The summed E-state index contributed by atoms with van der Waals surface area (Å²) in [5.74, 6) is 0.441. The molecule has 0 bridgehead atoms. The monoisotopic (exact) mass is 338 g/mol. The first-order valence-electron chi connectivity index (χ1n) is 8.40. The van der Waals surface area contributed by atoms with Crippen LogP contribution in [0.2, 0.25) is 0 Å². The van der Waals surface area contributed by atoms with Crippen molar-refractivity contribution in [2.24, 2.45) is 0 Å². The van der Waals surface area contributed by atoms with Crippen LogP contribution in [0, 0.1) is 13.8 Å². The third-order valence-corrected chi connectivity index (χ3v) is 4.40. The molecule has 1 N–H and O–H groups in total. The molecule has 1 fully saturated rings. The summed E-state index contributed by atoms with van der Waals surface area (Å²) in [4.78, 5) is 32.4. The molecule has 130 valence electrons. The lowest BCUT2D eigenvalue weighted by molar-refractivity contribution is 0.102. The lowest BCUT2D eigenvalue weighted by atomic mass is 10.1. The fraction of sp³-hybridized carbons (Fsp3) is 0.316. The third-order valence-electron chi connectivity index (χ3n) is 4.40. The van der Waals surface area contributed by atoms with Gasteiger partial charge in [0.25, 0.3) is 5.91 Å². The second-order valence-corrected chi connectivity index (χ2v) is 6.19. The van der Waals surface area contributed by atoms with Gasteiger partial charge in [-0.15, -0.1) is 0 Å². The summed E-state index contributed by atoms with van der Waals surface area (Å²) in [6.45, 7) is 7.86. The molecule has 2 aromatic rings. The maximum atomic E-state index is 12.5. The molecule has 0 atom stereocenters. The van der Waals surface area contributed by atoms with E-state index >= 15 is 0 Å². The Morgan fingerprint density at radius 2 is 2.00 bits per heavy atom. The number of pyridine rings is 1. The molecule has 1 saturated heterocycles. The number of nitrogens with zero attached hydrogens (tertiary/aromatic N) is 3. The van der Waals surface area contributed by atoms with E-state index < -0.39 is 0 Å². The van der Waals surface area contributed by atoms with Gasteiger partial charge in [-0.1, -0.05) is 17.7 Å². The van der Waals surface area contributed by atoms with Crippen LogP contribution in [-0.4, -0.2) is 41.5 Å². The lowest BCUT2D eigenvalue weighted by Crippen LogP contribution is -2.32. The van der Waals surface area contributed by atoms with E-state index in [0.717, 1.165) is 11.1 Å². The largest absolute Gasteiger partial charge is 0.325 e. The number of hydrogen-bond acceptors (Lipinski definition) is 3. The van der Waals surface area contributed by atoms with Crippen molar-refractivity contribution in [2.75, 3.05) is 29.9 Å². The van der Waals surface area contributed by atoms with Gasteiger partial charge in [0, 0.05) is 25.2 Å². The highest BCUT2D eigenvalue weighted by Gasteiger charge is 2.28. The van der Waals surface area contributed by atoms with Gasteiger partial charge in [-0.05, 0) is 44.5 Å². The molecule has 25 heavy (non-hydrogen) atoms. The number of aryl methyl sites for hydroxylation is 2. The van der Waals surface area contributed by atoms with E-state index in [1.54, 1.807) is 28.1 Å². The Kier molecular flexibility index (Phi) is 4.70. The smallest absolute Gasteiger partial charge is 0.323 e. The number of benzene rings is 1. The molecule has 1 aromatic heterocycles. The fourth-order valence-corrected chi connectivity index (χ4v) is 2.89. The van der Waals surface area contributed by atoms with Crippen LogP contribution in [0.25, 0.3) is 0 Å². The van der Waals surface area contributed by atoms with Crippen molar-refractivity contribution in [3.63, 3.8) is 0 Å². The van der Waals surface area contributed by atoms with Gasteiger partial charge >= 0.3 is 6.03 Å². The van der Waals surface area contributed by atoms with Crippen LogP contribution in [0.3, 0.4) is 0 Å². The predicted molar refractivity (Wildman–Crippen MR) is 98.1 cm³/mol. The topological polar surface area (TPSA) is 65.5 Å². The number of carbonyl (C=O) groups is 2. The molecule has 0 saturated carbocycles. The maximum Gasteiger partial charge on any atom is 0.325 e. The quantitative estimate of drug-likeness (QED) is 0.931. The van der Waals surface area contributed by atoms with E-state index in [-0.39, 0.29) is 11.9 Å². The SMILES string of the molecule is CCN1CCN(c2ccc(NC(=O)c3cc(C)ccc3C)cn2)C1=O. The Balaban J connectivity index is 1.72. The van der Waals surface area contributed by atoms with Gasteiger partial charge in [0.15, 0.2) is 0 Å². The molecule has 6 nitrogen and oxygen atoms in total. The second kappa shape index (κ2) is 6.93. The Hall–Kier alpha value is -2.89. The van der Waals surface area contributed by atoms with Crippen LogP contribution in [0.5, 0.6) is 0 Å². The van der Waals surface area contributed by atoms with Gasteiger partial charge in [0.05, 0.1) is 11.9 Å². The van der Waals surface area contributed by atoms with Gasteiger partial charge in [-0.25, -0.2) is 9.78 Å². The zero-order valence-corrected chi connectivity index (χ0v) is 14.7. The van der Waals surface area contributed by atoms with Crippen LogP contribution in [0.4, 0.5) is 16.3 Å². The molecular weight excluding hydrogens is 316 g/mol. The minimum atomic E-state index is -0.162. The van der Waals surface area contributed by atoms with Crippen molar-refractivity contribution in [3.8, 4) is 0 Å². The van der Waals surface area contributed by atoms with Crippen molar-refractivity contribution in [1.82, 2.24) is 9.88 Å². The summed E-state index contributed by atoms with van der Waals surface area (Å²) in [5.41, 5.74) is 3.22. The second-order valence-electron chi connectivity index (χ2n) is 6.19. The number of anilines is 2. The molecule has 0 spiro atoms. The average Bonchev–Trinajstić information content (AvgIpc) is 2.98. The van der Waals surface area contributed by atoms with Crippen LogP contribution in [-0.2, 0) is 0 Å². The van der Waals surface area contributed by atoms with E-state index in [2.05, 4.69) is 10.3 Å². The highest BCUT2D eigenvalue weighted by atomic mass is 16.2. The fourth-order valence-electron chi connectivity index (χ4n) is 2.89. The van der Waals surface area contributed by atoms with Gasteiger partial charge < -0.3 is 10.2 Å². The number of hydrogen-bond donors (Lipinski definition) is 1. The molecule has 1 aliphatic heterocycles. The highest BCUT2D eigenvalue weighted by molar-refractivity contribution is 6.05. The van der Waals surface area contributed by atoms with Crippen molar-refractivity contribution in [1.29, 1.82) is 0 Å². The van der Waals surface area contributed by atoms with E-state index in [0.29, 0.717) is 36.7 Å². The Morgan fingerprint density at radius 3 is 2.64 bits per heavy atom. The summed E-state index contributed by atoms with van der Waals surface area (Å²) in [6.07, 6.45) is 1.58. The molecule has 0 radical (unpaired) electrons. The van der Waals surface area contributed by atoms with E-state index in [1.807, 2.05) is 39.0 Å². The van der Waals surface area contributed by atoms with Crippen molar-refractivity contribution < 1.29 is 9.59 Å². The Morgan fingerprint density at radius 1 is 1.20 bits per heavy atom. The predicted octanol–water partition coefficient (Wildman–Crippen LogP) is 3.21. The molecule has 2 heterocycles. The number of carbonyl (C=O) groups excluding carboxylic acids is 2. The summed E-state index contributed by atoms with van der Waals surface area (Å²) >= 11 is 0. The minimum absolute atomic E-state index is 0.0258. The van der Waals surface area contributed by atoms with E-state index in [4.69, 9.17) is 0 Å². The molecular formula is C19H22N4O2. The molecule has 1 aliphatic rings. The number of nitrogens with one attached hydrogen (secondary N) is 1. The molecule has 3 amide bonds. The van der Waals surface area contributed by atoms with E-state index in [1.165, 1.54) is 0 Å². The van der Waals surface area contributed by atoms with Crippen molar-refractivity contribution in [3.05, 3.63) is 53.2 Å². The van der Waals surface area contributed by atoms with E-state index in [9.17, 15) is 9.59 Å². The summed E-state index contributed by atoms with van der Waals surface area (Å²) in [5, 5.41) is 2.86. The number of aromatic nitrogens is 1. The summed E-state index contributed by atoms with van der Waals surface area (Å²) in [7, 11) is 0. The van der Waals surface area contributed by atoms with Crippen LogP contribution in [0.1, 0.15) is 28.4 Å². The molecule has 6 heteroatoms. The van der Waals surface area contributed by atoms with Crippen molar-refractivity contribution >= 4 is 23.4 Å². The van der Waals surface area contributed by atoms with Crippen LogP contribution in [0.15, 0.2) is 36.5 Å². The lowest BCUT2D eigenvalue weighted by Gasteiger charge is -2.16. The molecule has 0 unspecified atom stereocenters. The zero-order valence-electron chi connectivity index (χ0n) is 14.7. The van der Waals surface area contributed by atoms with Gasteiger partial charge in [-0.3, -0.25) is 9.69 Å². The number of likely N-dealkylation sites (N-methyl/N-ethyl adjacent to an activating group) is 1. The first-order valence-corrected chi connectivity index (χ1v) is 8.40. The third kappa shape index (κ3) is 3.47. The standard InChI is InChI=1S/C19H22N4O2/c1-4-22-9-10-23(19(22)25)17-8-7-15(12-20-17)21-18(24)16-11-13(2)5-6-14(16)3/h5-8,11-12H,4,9-10H2,1-3H3,(H,21,24). The number of rotatable bonds is 4. The molecule has 3 rings (SSSR count). The minimum Gasteiger partial charge on any atom is -0.323 e. The number of amides is 3. The van der Waals surface area contributed by atoms with Gasteiger partial charge in [0.2, 0.25) is 0 Å². The summed E-state index contributed by atoms with van der Waals surface area (Å²) < 4.78 is 0. The summed E-state index contributed by atoms with van der Waals surface area (Å²) in [6, 6.07) is 9.29. The number of urea groups is 1. The van der Waals surface area contributed by atoms with Gasteiger partial charge in [-0.2, -0.15) is 0 Å². The molecule has 0 aliphatic carbocycles. The normalized spacial score (nSPS) is 14.1. The first-order chi connectivity index (χ1) is 12.0. The first kappa shape index (κ1) is 17.0. The highest BCUT2D eigenvalue weighted by Crippen LogP contribution is 2.20. The van der Waals surface area contributed by atoms with Gasteiger partial charge in [0.1, 0.15) is 5.82 Å². The van der Waals surface area contributed by atoms with Crippen molar-refractivity contribution in [2.45, 2.75) is 20.8 Å². The molecule has 1 aromatic carbocycles. The maximum absolute atomic E-state index is 12.5.